The first-order valence-corrected chi connectivity index (χ1v) is 9.43. The van der Waals surface area contributed by atoms with Crippen LogP contribution in [0.5, 0.6) is 5.75 Å². The van der Waals surface area contributed by atoms with Crippen molar-refractivity contribution in [3.63, 3.8) is 0 Å². The highest BCUT2D eigenvalue weighted by molar-refractivity contribution is 6.46. The molecular formula is C22H17ClN2O5. The maximum atomic E-state index is 13.0. The van der Waals surface area contributed by atoms with Crippen molar-refractivity contribution in [3.8, 4) is 5.75 Å². The molecular weight excluding hydrogens is 408 g/mol. The minimum absolute atomic E-state index is 0.0553. The molecule has 8 heteroatoms. The van der Waals surface area contributed by atoms with E-state index in [4.69, 9.17) is 20.8 Å². The summed E-state index contributed by atoms with van der Waals surface area (Å²) in [5, 5.41) is 11.3. The number of carbonyl (C=O) groups is 2. The van der Waals surface area contributed by atoms with E-state index in [0.717, 1.165) is 0 Å². The van der Waals surface area contributed by atoms with Crippen LogP contribution in [0.2, 0.25) is 5.02 Å². The van der Waals surface area contributed by atoms with Gasteiger partial charge >= 0.3 is 0 Å². The Bertz CT molecular complexity index is 1130. The van der Waals surface area contributed by atoms with E-state index >= 15 is 0 Å². The first-order chi connectivity index (χ1) is 14.5. The lowest BCUT2D eigenvalue weighted by molar-refractivity contribution is -0.140. The number of halogens is 1. The van der Waals surface area contributed by atoms with Crippen LogP contribution < -0.4 is 4.74 Å². The Hall–Kier alpha value is -3.58. The summed E-state index contributed by atoms with van der Waals surface area (Å²) < 4.78 is 10.6. The van der Waals surface area contributed by atoms with Gasteiger partial charge in [0.1, 0.15) is 17.3 Å². The fourth-order valence-electron chi connectivity index (χ4n) is 3.46. The van der Waals surface area contributed by atoms with Gasteiger partial charge in [-0.3, -0.25) is 14.6 Å². The number of furan rings is 1. The molecule has 0 bridgehead atoms. The molecule has 3 aromatic rings. The minimum Gasteiger partial charge on any atom is -0.507 e. The minimum atomic E-state index is -0.855. The lowest BCUT2D eigenvalue weighted by Crippen LogP contribution is -2.29. The van der Waals surface area contributed by atoms with Gasteiger partial charge in [-0.2, -0.15) is 0 Å². The molecule has 1 atom stereocenters. The number of ketones is 1. The van der Waals surface area contributed by atoms with Crippen LogP contribution in [-0.4, -0.2) is 33.8 Å². The van der Waals surface area contributed by atoms with E-state index in [1.807, 2.05) is 0 Å². The highest BCUT2D eigenvalue weighted by atomic mass is 35.5. The topological polar surface area (TPSA) is 92.9 Å². The molecule has 0 radical (unpaired) electrons. The molecule has 1 aliphatic rings. The largest absolute Gasteiger partial charge is 0.507 e. The zero-order valence-electron chi connectivity index (χ0n) is 15.9. The van der Waals surface area contributed by atoms with E-state index in [2.05, 4.69) is 4.98 Å². The van der Waals surface area contributed by atoms with E-state index in [9.17, 15) is 14.7 Å². The van der Waals surface area contributed by atoms with Gasteiger partial charge in [0.15, 0.2) is 0 Å². The lowest BCUT2D eigenvalue weighted by Gasteiger charge is -2.24. The standard InChI is InChI=1S/C22H17ClN2O5/c1-29-14-6-7-17(23)16(10-14)20(26)18-19(13-4-2-8-24-11-13)25(22(28)21(18)27)12-15-5-3-9-30-15/h2-11,19,26H,12H2,1H3/b20-18+. The number of rotatable bonds is 5. The Kier molecular flexibility index (Phi) is 5.29. The zero-order valence-corrected chi connectivity index (χ0v) is 16.7. The molecule has 1 aliphatic heterocycles. The van der Waals surface area contributed by atoms with Gasteiger partial charge in [-0.25, -0.2) is 0 Å². The predicted octanol–water partition coefficient (Wildman–Crippen LogP) is 3.96. The number of aliphatic hydroxyl groups excluding tert-OH is 1. The molecule has 4 rings (SSSR count). The fourth-order valence-corrected chi connectivity index (χ4v) is 3.66. The van der Waals surface area contributed by atoms with Crippen LogP contribution in [0.3, 0.4) is 0 Å². The number of aromatic nitrogens is 1. The molecule has 30 heavy (non-hydrogen) atoms. The fraction of sp³-hybridized carbons (Fsp3) is 0.136. The number of Topliss-reactive ketones (excluding diaryl/α,β-unsaturated/α-hetero) is 1. The quantitative estimate of drug-likeness (QED) is 0.378. The Morgan fingerprint density at radius 1 is 1.27 bits per heavy atom. The summed E-state index contributed by atoms with van der Waals surface area (Å²) in [6.07, 6.45) is 4.62. The van der Waals surface area contributed by atoms with Crippen molar-refractivity contribution in [2.24, 2.45) is 0 Å². The summed E-state index contributed by atoms with van der Waals surface area (Å²) in [5.41, 5.74) is 0.694. The molecule has 0 spiro atoms. The average molecular weight is 425 g/mol. The van der Waals surface area contributed by atoms with E-state index in [1.165, 1.54) is 24.3 Å². The van der Waals surface area contributed by atoms with Gasteiger partial charge in [0.25, 0.3) is 11.7 Å². The second-order valence-electron chi connectivity index (χ2n) is 6.64. The maximum absolute atomic E-state index is 13.0. The number of benzene rings is 1. The normalized spacial score (nSPS) is 18.1. The second-order valence-corrected chi connectivity index (χ2v) is 7.05. The maximum Gasteiger partial charge on any atom is 0.296 e. The molecule has 1 N–H and O–H groups in total. The smallest absolute Gasteiger partial charge is 0.296 e. The van der Waals surface area contributed by atoms with E-state index < -0.39 is 17.7 Å². The van der Waals surface area contributed by atoms with Crippen molar-refractivity contribution in [3.05, 3.63) is 88.6 Å². The molecule has 3 heterocycles. The van der Waals surface area contributed by atoms with Gasteiger partial charge in [0.2, 0.25) is 0 Å². The molecule has 0 saturated carbocycles. The first kappa shape index (κ1) is 19.7. The number of aliphatic hydroxyl groups is 1. The highest BCUT2D eigenvalue weighted by Gasteiger charge is 2.46. The SMILES string of the molecule is COc1ccc(Cl)c(/C(O)=C2\C(=O)C(=O)N(Cc3ccco3)C2c2cccnc2)c1. The van der Waals surface area contributed by atoms with Crippen LogP contribution in [-0.2, 0) is 16.1 Å². The zero-order chi connectivity index (χ0) is 21.3. The van der Waals surface area contributed by atoms with Crippen LogP contribution in [0, 0.1) is 0 Å². The predicted molar refractivity (Wildman–Crippen MR) is 109 cm³/mol. The van der Waals surface area contributed by atoms with Crippen molar-refractivity contribution in [2.45, 2.75) is 12.6 Å². The number of amides is 1. The van der Waals surface area contributed by atoms with Gasteiger partial charge < -0.3 is 19.2 Å². The first-order valence-electron chi connectivity index (χ1n) is 9.06. The molecule has 1 fully saturated rings. The second kappa shape index (κ2) is 8.04. The van der Waals surface area contributed by atoms with Crippen molar-refractivity contribution in [1.82, 2.24) is 9.88 Å². The van der Waals surface area contributed by atoms with Crippen LogP contribution in [0.25, 0.3) is 5.76 Å². The third-order valence-corrected chi connectivity index (χ3v) is 5.20. The Labute approximate surface area is 177 Å². The molecule has 1 unspecified atom stereocenters. The van der Waals surface area contributed by atoms with E-state index in [1.54, 1.807) is 48.8 Å². The third kappa shape index (κ3) is 3.44. The Morgan fingerprint density at radius 2 is 2.10 bits per heavy atom. The summed E-state index contributed by atoms with van der Waals surface area (Å²) in [6, 6.07) is 10.7. The van der Waals surface area contributed by atoms with Gasteiger partial charge in [-0.05, 0) is 42.0 Å². The lowest BCUT2D eigenvalue weighted by atomic mass is 9.96. The molecule has 2 aromatic heterocycles. The van der Waals surface area contributed by atoms with Crippen molar-refractivity contribution < 1.29 is 23.8 Å². The van der Waals surface area contributed by atoms with Gasteiger partial charge in [-0.1, -0.05) is 17.7 Å². The van der Waals surface area contributed by atoms with Crippen molar-refractivity contribution >= 4 is 29.1 Å². The van der Waals surface area contributed by atoms with Crippen LogP contribution in [0.1, 0.15) is 22.9 Å². The summed E-state index contributed by atoms with van der Waals surface area (Å²) in [7, 11) is 1.48. The number of hydrogen-bond acceptors (Lipinski definition) is 6. The van der Waals surface area contributed by atoms with E-state index in [-0.39, 0.29) is 28.5 Å². The average Bonchev–Trinajstić information content (AvgIpc) is 3.36. The molecule has 0 aliphatic carbocycles. The number of pyridine rings is 1. The summed E-state index contributed by atoms with van der Waals surface area (Å²) >= 11 is 6.27. The number of nitrogens with zero attached hydrogens (tertiary/aromatic N) is 2. The van der Waals surface area contributed by atoms with Crippen LogP contribution in [0.4, 0.5) is 0 Å². The molecule has 1 aromatic carbocycles. The highest BCUT2D eigenvalue weighted by Crippen LogP contribution is 2.41. The number of hydrogen-bond donors (Lipinski definition) is 1. The van der Waals surface area contributed by atoms with Crippen LogP contribution >= 0.6 is 11.6 Å². The monoisotopic (exact) mass is 424 g/mol. The Morgan fingerprint density at radius 3 is 2.77 bits per heavy atom. The molecule has 7 nitrogen and oxygen atoms in total. The third-order valence-electron chi connectivity index (χ3n) is 4.88. The van der Waals surface area contributed by atoms with Crippen molar-refractivity contribution in [2.75, 3.05) is 7.11 Å². The van der Waals surface area contributed by atoms with Gasteiger partial charge in [0.05, 0.1) is 36.6 Å². The van der Waals surface area contributed by atoms with Crippen LogP contribution in [0.15, 0.2) is 71.1 Å². The molecule has 1 amide bonds. The molecule has 152 valence electrons. The summed E-state index contributed by atoms with van der Waals surface area (Å²) in [5.74, 6) is -0.991. The van der Waals surface area contributed by atoms with Gasteiger partial charge in [0, 0.05) is 18.0 Å². The summed E-state index contributed by atoms with van der Waals surface area (Å²) in [4.78, 5) is 31.3. The summed E-state index contributed by atoms with van der Waals surface area (Å²) in [6.45, 7) is 0.0553. The number of methoxy groups -OCH3 is 1. The van der Waals surface area contributed by atoms with E-state index in [0.29, 0.717) is 17.1 Å². The molecule has 1 saturated heterocycles. The van der Waals surface area contributed by atoms with Crippen molar-refractivity contribution in [1.29, 1.82) is 0 Å². The number of likely N-dealkylation sites (tertiary alicyclic amines) is 1. The Balaban J connectivity index is 1.89. The number of carbonyl (C=O) groups excluding carboxylic acids is 2. The van der Waals surface area contributed by atoms with Gasteiger partial charge in [-0.15, -0.1) is 0 Å². The number of ether oxygens (including phenoxy) is 1.